The van der Waals surface area contributed by atoms with Crippen molar-refractivity contribution < 1.29 is 9.53 Å². The summed E-state index contributed by atoms with van der Waals surface area (Å²) in [6.45, 7) is 8.75. The van der Waals surface area contributed by atoms with Gasteiger partial charge in [-0.25, -0.2) is 4.79 Å². The maximum atomic E-state index is 13.0. The number of carbonyl (C=O) groups is 1. The van der Waals surface area contributed by atoms with E-state index in [-0.39, 0.29) is 6.09 Å². The van der Waals surface area contributed by atoms with Crippen LogP contribution in [0.1, 0.15) is 25.7 Å². The largest absolute Gasteiger partial charge is 0.449 e. The second-order valence-corrected chi connectivity index (χ2v) is 13.3. The molecule has 0 N–H and O–H groups in total. The molecule has 216 valence electrons. The van der Waals surface area contributed by atoms with E-state index in [0.717, 1.165) is 63.9 Å². The number of fused-ring (bicyclic) bond motifs is 2. The normalized spacial score (nSPS) is 22.5. The van der Waals surface area contributed by atoms with Gasteiger partial charge in [0.1, 0.15) is 11.6 Å². The average molecular weight is 591 g/mol. The summed E-state index contributed by atoms with van der Waals surface area (Å²) < 4.78 is 17.9. The predicted molar refractivity (Wildman–Crippen MR) is 168 cm³/mol. The molecule has 2 aromatic carbocycles. The maximum absolute atomic E-state index is 13.0. The van der Waals surface area contributed by atoms with Gasteiger partial charge in [-0.1, -0.05) is 37.1 Å². The smallest absolute Gasteiger partial charge is 0.409 e. The fourth-order valence-electron chi connectivity index (χ4n) is 6.79. The minimum atomic E-state index is -0.152. The van der Waals surface area contributed by atoms with Crippen LogP contribution >= 0.6 is 23.1 Å². The van der Waals surface area contributed by atoms with Gasteiger partial charge in [-0.3, -0.25) is 4.90 Å². The molecule has 2 unspecified atom stereocenters. The van der Waals surface area contributed by atoms with Crippen molar-refractivity contribution in [1.29, 1.82) is 0 Å². The Bertz CT molecular complexity index is 1470. The van der Waals surface area contributed by atoms with Gasteiger partial charge in [0.25, 0.3) is 0 Å². The Balaban J connectivity index is 0.884. The third kappa shape index (κ3) is 5.74. The van der Waals surface area contributed by atoms with Gasteiger partial charge in [-0.05, 0) is 72.0 Å². The van der Waals surface area contributed by atoms with Gasteiger partial charge >= 0.3 is 6.09 Å². The fraction of sp³-hybridized carbons (Fsp3) is 0.516. The molecule has 0 radical (unpaired) electrons. The summed E-state index contributed by atoms with van der Waals surface area (Å²) >= 11 is 3.15. The molecular formula is C31H38N6O2S2. The zero-order chi connectivity index (χ0) is 27.6. The lowest BCUT2D eigenvalue weighted by molar-refractivity contribution is 0.0527. The van der Waals surface area contributed by atoms with Gasteiger partial charge < -0.3 is 19.4 Å². The second-order valence-electron chi connectivity index (χ2n) is 11.6. The first kappa shape index (κ1) is 26.9. The predicted octanol–water partition coefficient (Wildman–Crippen LogP) is 5.79. The molecule has 7 rings (SSSR count). The third-order valence-electron chi connectivity index (χ3n) is 9.21. The number of benzene rings is 2. The molecule has 1 amide bonds. The SMILES string of the molecule is O=C(OCC1CCCCC1CN1CCN(c2nsc3ccccc23)CC1)N1CCN(c2nsc3ccccc23)CC1. The highest BCUT2D eigenvalue weighted by Gasteiger charge is 2.31. The maximum Gasteiger partial charge on any atom is 0.409 e. The van der Waals surface area contributed by atoms with Crippen LogP contribution in [0.4, 0.5) is 16.4 Å². The van der Waals surface area contributed by atoms with E-state index in [4.69, 9.17) is 13.5 Å². The summed E-state index contributed by atoms with van der Waals surface area (Å²) in [4.78, 5) is 22.3. The van der Waals surface area contributed by atoms with Crippen molar-refractivity contribution in [3.63, 3.8) is 0 Å². The topological polar surface area (TPSA) is 65.0 Å². The quantitative estimate of drug-likeness (QED) is 0.282. The standard InChI is InChI=1S/C31H38N6O2S2/c38-31(37-19-17-36(18-20-37)30-26-10-4-6-12-28(26)41-33-30)39-22-24-8-2-1-7-23(24)21-34-13-15-35(16-14-34)29-25-9-3-5-11-27(25)40-32-29/h3-6,9-12,23-24H,1-2,7-8,13-22H2. The number of carbonyl (C=O) groups excluding carboxylic acids is 1. The number of anilines is 2. The number of hydrogen-bond donors (Lipinski definition) is 0. The zero-order valence-electron chi connectivity index (χ0n) is 23.5. The minimum absolute atomic E-state index is 0.152. The number of ether oxygens (including phenoxy) is 1. The number of aromatic nitrogens is 2. The molecule has 8 nitrogen and oxygen atoms in total. The first-order valence-corrected chi connectivity index (χ1v) is 16.6. The van der Waals surface area contributed by atoms with Gasteiger partial charge in [-0.2, -0.15) is 8.75 Å². The van der Waals surface area contributed by atoms with E-state index in [1.54, 1.807) is 23.1 Å². The van der Waals surface area contributed by atoms with Crippen LogP contribution in [-0.2, 0) is 4.74 Å². The van der Waals surface area contributed by atoms with Crippen molar-refractivity contribution in [2.45, 2.75) is 25.7 Å². The first-order chi connectivity index (χ1) is 20.2. The Morgan fingerprint density at radius 2 is 1.27 bits per heavy atom. The highest BCUT2D eigenvalue weighted by atomic mass is 32.1. The van der Waals surface area contributed by atoms with Crippen LogP contribution in [0.2, 0.25) is 0 Å². The summed E-state index contributed by atoms with van der Waals surface area (Å²) in [5.41, 5.74) is 0. The fourth-order valence-corrected chi connectivity index (χ4v) is 8.38. The van der Waals surface area contributed by atoms with Crippen LogP contribution in [-0.4, -0.2) is 90.1 Å². The van der Waals surface area contributed by atoms with Gasteiger partial charge in [0.05, 0.1) is 16.0 Å². The first-order valence-electron chi connectivity index (χ1n) is 15.1. The summed E-state index contributed by atoms with van der Waals surface area (Å²) in [5, 5.41) is 2.48. The molecule has 41 heavy (non-hydrogen) atoms. The number of amides is 1. The van der Waals surface area contributed by atoms with Crippen LogP contribution in [0, 0.1) is 11.8 Å². The molecule has 10 heteroatoms. The molecule has 2 atom stereocenters. The Kier molecular flexibility index (Phi) is 7.95. The number of piperazine rings is 2. The molecule has 0 bridgehead atoms. The Morgan fingerprint density at radius 3 is 1.88 bits per heavy atom. The van der Waals surface area contributed by atoms with Gasteiger partial charge in [0.15, 0.2) is 0 Å². The molecule has 3 fully saturated rings. The van der Waals surface area contributed by atoms with E-state index in [9.17, 15) is 4.79 Å². The molecule has 2 aromatic heterocycles. The van der Waals surface area contributed by atoms with E-state index < -0.39 is 0 Å². The van der Waals surface area contributed by atoms with Crippen molar-refractivity contribution in [2.75, 3.05) is 75.3 Å². The van der Waals surface area contributed by atoms with Crippen LogP contribution in [0.3, 0.4) is 0 Å². The van der Waals surface area contributed by atoms with E-state index in [2.05, 4.69) is 63.2 Å². The number of hydrogen-bond acceptors (Lipinski definition) is 9. The minimum Gasteiger partial charge on any atom is -0.449 e. The molecule has 3 aliphatic rings. The van der Waals surface area contributed by atoms with E-state index >= 15 is 0 Å². The van der Waals surface area contributed by atoms with Crippen molar-refractivity contribution in [3.8, 4) is 0 Å². The molecule has 2 saturated heterocycles. The van der Waals surface area contributed by atoms with Crippen molar-refractivity contribution in [1.82, 2.24) is 18.5 Å². The van der Waals surface area contributed by atoms with Crippen LogP contribution in [0.25, 0.3) is 20.2 Å². The number of rotatable bonds is 6. The Morgan fingerprint density at radius 1 is 0.732 bits per heavy atom. The van der Waals surface area contributed by atoms with E-state index in [1.165, 1.54) is 39.4 Å². The molecule has 4 aromatic rings. The van der Waals surface area contributed by atoms with Crippen LogP contribution < -0.4 is 9.80 Å². The van der Waals surface area contributed by atoms with Crippen molar-refractivity contribution in [3.05, 3.63) is 48.5 Å². The second kappa shape index (κ2) is 12.1. The summed E-state index contributed by atoms with van der Waals surface area (Å²) in [6.07, 6.45) is 4.77. The third-order valence-corrected chi connectivity index (χ3v) is 10.8. The monoisotopic (exact) mass is 590 g/mol. The summed E-state index contributed by atoms with van der Waals surface area (Å²) in [5.74, 6) is 3.24. The average Bonchev–Trinajstić information content (AvgIpc) is 3.66. The molecule has 4 heterocycles. The molecule has 1 aliphatic carbocycles. The Labute approximate surface area is 249 Å². The lowest BCUT2D eigenvalue weighted by atomic mass is 9.79. The molecule has 1 saturated carbocycles. The van der Waals surface area contributed by atoms with Crippen LogP contribution in [0.15, 0.2) is 48.5 Å². The lowest BCUT2D eigenvalue weighted by Gasteiger charge is -2.40. The molecule has 2 aliphatic heterocycles. The van der Waals surface area contributed by atoms with Crippen molar-refractivity contribution >= 4 is 61.0 Å². The van der Waals surface area contributed by atoms with E-state index in [1.807, 2.05) is 4.90 Å². The Hall–Kier alpha value is -2.95. The lowest BCUT2D eigenvalue weighted by Crippen LogP contribution is -2.50. The van der Waals surface area contributed by atoms with Crippen molar-refractivity contribution in [2.24, 2.45) is 11.8 Å². The van der Waals surface area contributed by atoms with Gasteiger partial charge in [-0.15, -0.1) is 0 Å². The zero-order valence-corrected chi connectivity index (χ0v) is 25.1. The van der Waals surface area contributed by atoms with Crippen LogP contribution in [0.5, 0.6) is 0 Å². The summed E-state index contributed by atoms with van der Waals surface area (Å²) in [7, 11) is 0. The molecule has 0 spiro atoms. The van der Waals surface area contributed by atoms with E-state index in [0.29, 0.717) is 31.5 Å². The van der Waals surface area contributed by atoms with Gasteiger partial charge in [0, 0.05) is 69.7 Å². The van der Waals surface area contributed by atoms with Gasteiger partial charge in [0.2, 0.25) is 0 Å². The highest BCUT2D eigenvalue weighted by molar-refractivity contribution is 7.14. The molecular weight excluding hydrogens is 553 g/mol. The summed E-state index contributed by atoms with van der Waals surface area (Å²) in [6, 6.07) is 16.9. The highest BCUT2D eigenvalue weighted by Crippen LogP contribution is 2.34. The number of nitrogens with zero attached hydrogens (tertiary/aromatic N) is 6.